The number of unbranched alkanes of at least 4 members (excludes halogenated alkanes) is 2. The van der Waals surface area contributed by atoms with Crippen LogP contribution in [0.3, 0.4) is 0 Å². The Morgan fingerprint density at radius 1 is 1.25 bits per heavy atom. The molecule has 0 aliphatic carbocycles. The number of carbonyl (C=O) groups excluding carboxylic acids is 1. The fraction of sp³-hybridized carbons (Fsp3) is 0.818. The standard InChI is InChI=1S/C11H21NO4/c1-8(2)10(12)11(15)16-7-5-3-4-6-9(13)14/h8,10H,3-7,12H2,1-2H3,(H,13,14)/t10-/m0/s1. The summed E-state index contributed by atoms with van der Waals surface area (Å²) in [5.74, 6) is -1.11. The predicted octanol–water partition coefficient (Wildman–Crippen LogP) is 1.16. The highest BCUT2D eigenvalue weighted by Crippen LogP contribution is 2.03. The number of ether oxygens (including phenoxy) is 1. The molecule has 94 valence electrons. The number of carboxylic acid groups (broad SMARTS) is 1. The molecule has 0 saturated heterocycles. The molecule has 0 radical (unpaired) electrons. The second kappa shape index (κ2) is 8.10. The van der Waals surface area contributed by atoms with E-state index in [4.69, 9.17) is 15.6 Å². The summed E-state index contributed by atoms with van der Waals surface area (Å²) < 4.78 is 4.96. The van der Waals surface area contributed by atoms with Gasteiger partial charge in [0.25, 0.3) is 0 Å². The van der Waals surface area contributed by atoms with Crippen LogP contribution < -0.4 is 5.73 Å². The average Bonchev–Trinajstić information content (AvgIpc) is 2.21. The molecule has 0 bridgehead atoms. The van der Waals surface area contributed by atoms with E-state index in [1.165, 1.54) is 0 Å². The molecular formula is C11H21NO4. The van der Waals surface area contributed by atoms with Crippen molar-refractivity contribution in [2.24, 2.45) is 11.7 Å². The maximum Gasteiger partial charge on any atom is 0.323 e. The SMILES string of the molecule is CC(C)[C@H](N)C(=O)OCCCCCC(=O)O. The van der Waals surface area contributed by atoms with E-state index in [1.54, 1.807) is 0 Å². The van der Waals surface area contributed by atoms with Gasteiger partial charge in [0.05, 0.1) is 6.61 Å². The molecule has 0 unspecified atom stereocenters. The van der Waals surface area contributed by atoms with E-state index in [9.17, 15) is 9.59 Å². The monoisotopic (exact) mass is 231 g/mol. The fourth-order valence-electron chi connectivity index (χ4n) is 1.10. The fourth-order valence-corrected chi connectivity index (χ4v) is 1.10. The van der Waals surface area contributed by atoms with E-state index in [2.05, 4.69) is 0 Å². The summed E-state index contributed by atoms with van der Waals surface area (Å²) in [5, 5.41) is 8.39. The number of carbonyl (C=O) groups is 2. The van der Waals surface area contributed by atoms with Gasteiger partial charge in [-0.1, -0.05) is 13.8 Å². The molecule has 0 rings (SSSR count). The van der Waals surface area contributed by atoms with Crippen molar-refractivity contribution in [1.82, 2.24) is 0 Å². The van der Waals surface area contributed by atoms with Crippen molar-refractivity contribution in [1.29, 1.82) is 0 Å². The molecule has 1 atom stereocenters. The molecule has 5 nitrogen and oxygen atoms in total. The number of rotatable bonds is 8. The highest BCUT2D eigenvalue weighted by molar-refractivity contribution is 5.75. The predicted molar refractivity (Wildman–Crippen MR) is 59.9 cm³/mol. The highest BCUT2D eigenvalue weighted by Gasteiger charge is 2.18. The summed E-state index contributed by atoms with van der Waals surface area (Å²) in [7, 11) is 0. The smallest absolute Gasteiger partial charge is 0.323 e. The molecule has 0 fully saturated rings. The number of nitrogens with two attached hydrogens (primary N) is 1. The second-order valence-electron chi connectivity index (χ2n) is 4.14. The van der Waals surface area contributed by atoms with E-state index < -0.39 is 12.0 Å². The Labute approximate surface area is 96.0 Å². The van der Waals surface area contributed by atoms with Crippen molar-refractivity contribution < 1.29 is 19.4 Å². The van der Waals surface area contributed by atoms with Gasteiger partial charge in [-0.25, -0.2) is 0 Å². The maximum absolute atomic E-state index is 11.3. The van der Waals surface area contributed by atoms with Gasteiger partial charge in [0.2, 0.25) is 0 Å². The summed E-state index contributed by atoms with van der Waals surface area (Å²) in [6.45, 7) is 4.04. The molecule has 0 aromatic rings. The van der Waals surface area contributed by atoms with Crippen LogP contribution in [0.1, 0.15) is 39.5 Å². The molecule has 0 saturated carbocycles. The molecule has 0 aromatic heterocycles. The molecule has 0 aliphatic rings. The van der Waals surface area contributed by atoms with Crippen molar-refractivity contribution in [3.05, 3.63) is 0 Å². The van der Waals surface area contributed by atoms with E-state index >= 15 is 0 Å². The topological polar surface area (TPSA) is 89.6 Å². The molecule has 5 heteroatoms. The normalized spacial score (nSPS) is 12.5. The molecular weight excluding hydrogens is 210 g/mol. The molecule has 0 aliphatic heterocycles. The first kappa shape index (κ1) is 14.9. The zero-order valence-corrected chi connectivity index (χ0v) is 9.94. The van der Waals surface area contributed by atoms with E-state index in [0.29, 0.717) is 19.4 Å². The lowest BCUT2D eigenvalue weighted by atomic mass is 10.1. The van der Waals surface area contributed by atoms with E-state index in [-0.39, 0.29) is 18.3 Å². The van der Waals surface area contributed by atoms with E-state index in [0.717, 1.165) is 6.42 Å². The Hall–Kier alpha value is -1.10. The third-order valence-corrected chi connectivity index (χ3v) is 2.27. The van der Waals surface area contributed by atoms with Crippen LogP contribution in [0, 0.1) is 5.92 Å². The third-order valence-electron chi connectivity index (χ3n) is 2.27. The van der Waals surface area contributed by atoms with Crippen LogP contribution in [0.4, 0.5) is 0 Å². The first-order chi connectivity index (χ1) is 7.45. The Kier molecular flexibility index (Phi) is 7.54. The van der Waals surface area contributed by atoms with Gasteiger partial charge in [0, 0.05) is 6.42 Å². The summed E-state index contributed by atoms with van der Waals surface area (Å²) in [6.07, 6.45) is 2.21. The summed E-state index contributed by atoms with van der Waals surface area (Å²) >= 11 is 0. The van der Waals surface area contributed by atoms with Gasteiger partial charge in [-0.2, -0.15) is 0 Å². The van der Waals surface area contributed by atoms with Crippen LogP contribution in [-0.4, -0.2) is 29.7 Å². The van der Waals surface area contributed by atoms with Crippen LogP contribution in [0.15, 0.2) is 0 Å². The van der Waals surface area contributed by atoms with Crippen molar-refractivity contribution in [3.63, 3.8) is 0 Å². The third kappa shape index (κ3) is 7.23. The van der Waals surface area contributed by atoms with Crippen LogP contribution >= 0.6 is 0 Å². The molecule has 3 N–H and O–H groups in total. The Morgan fingerprint density at radius 2 is 1.88 bits per heavy atom. The molecule has 16 heavy (non-hydrogen) atoms. The lowest BCUT2D eigenvalue weighted by molar-refractivity contribution is -0.146. The Bertz CT molecular complexity index is 228. The van der Waals surface area contributed by atoms with Crippen LogP contribution in [0.2, 0.25) is 0 Å². The zero-order valence-electron chi connectivity index (χ0n) is 9.94. The van der Waals surface area contributed by atoms with E-state index in [1.807, 2.05) is 13.8 Å². The average molecular weight is 231 g/mol. The lowest BCUT2D eigenvalue weighted by Gasteiger charge is -2.14. The minimum absolute atomic E-state index is 0.0690. The largest absolute Gasteiger partial charge is 0.481 e. The quantitative estimate of drug-likeness (QED) is 0.483. The van der Waals surface area contributed by atoms with Gasteiger partial charge in [0.1, 0.15) is 6.04 Å². The summed E-state index contributed by atoms with van der Waals surface area (Å²) in [4.78, 5) is 21.5. The van der Waals surface area contributed by atoms with Gasteiger partial charge < -0.3 is 15.6 Å². The van der Waals surface area contributed by atoms with Gasteiger partial charge >= 0.3 is 11.9 Å². The number of esters is 1. The number of carboxylic acids is 1. The number of hydrogen-bond acceptors (Lipinski definition) is 4. The van der Waals surface area contributed by atoms with Crippen LogP contribution in [0.25, 0.3) is 0 Å². The number of hydrogen-bond donors (Lipinski definition) is 2. The molecule has 0 heterocycles. The number of aliphatic carboxylic acids is 1. The van der Waals surface area contributed by atoms with Crippen molar-refractivity contribution in [3.8, 4) is 0 Å². The van der Waals surface area contributed by atoms with Gasteiger partial charge in [0.15, 0.2) is 0 Å². The Morgan fingerprint density at radius 3 is 2.38 bits per heavy atom. The molecule has 0 spiro atoms. The first-order valence-electron chi connectivity index (χ1n) is 5.59. The summed E-state index contributed by atoms with van der Waals surface area (Å²) in [6, 6.07) is -0.570. The minimum Gasteiger partial charge on any atom is -0.481 e. The Balaban J connectivity index is 3.45. The maximum atomic E-state index is 11.3. The van der Waals surface area contributed by atoms with Crippen molar-refractivity contribution >= 4 is 11.9 Å². The highest BCUT2D eigenvalue weighted by atomic mass is 16.5. The minimum atomic E-state index is -0.793. The van der Waals surface area contributed by atoms with Gasteiger partial charge in [-0.05, 0) is 25.2 Å². The van der Waals surface area contributed by atoms with Gasteiger partial charge in [-0.15, -0.1) is 0 Å². The molecule has 0 amide bonds. The van der Waals surface area contributed by atoms with Crippen LogP contribution in [0.5, 0.6) is 0 Å². The van der Waals surface area contributed by atoms with Gasteiger partial charge in [-0.3, -0.25) is 9.59 Å². The zero-order chi connectivity index (χ0) is 12.6. The molecule has 0 aromatic carbocycles. The first-order valence-corrected chi connectivity index (χ1v) is 5.59. The van der Waals surface area contributed by atoms with Crippen molar-refractivity contribution in [2.75, 3.05) is 6.61 Å². The lowest BCUT2D eigenvalue weighted by Crippen LogP contribution is -2.37. The summed E-state index contributed by atoms with van der Waals surface area (Å²) in [5.41, 5.74) is 5.59. The second-order valence-corrected chi connectivity index (χ2v) is 4.14. The van der Waals surface area contributed by atoms with Crippen molar-refractivity contribution in [2.45, 2.75) is 45.6 Å². The van der Waals surface area contributed by atoms with Crippen LogP contribution in [-0.2, 0) is 14.3 Å².